The van der Waals surface area contributed by atoms with Crippen molar-refractivity contribution in [3.8, 4) is 11.4 Å². The van der Waals surface area contributed by atoms with Crippen molar-refractivity contribution in [2.75, 3.05) is 12.4 Å². The van der Waals surface area contributed by atoms with Gasteiger partial charge in [0.1, 0.15) is 12.1 Å². The number of aromatic hydroxyl groups is 1. The molecular weight excluding hydrogens is 268 g/mol. The highest BCUT2D eigenvalue weighted by Crippen LogP contribution is 2.28. The van der Waals surface area contributed by atoms with Crippen LogP contribution in [0.25, 0.3) is 5.69 Å². The van der Waals surface area contributed by atoms with Crippen LogP contribution in [0.5, 0.6) is 5.75 Å². The first-order chi connectivity index (χ1) is 9.06. The first kappa shape index (κ1) is 13.4. The Morgan fingerprint density at radius 2 is 2.21 bits per heavy atom. The van der Waals surface area contributed by atoms with Crippen molar-refractivity contribution in [2.45, 2.75) is 13.3 Å². The second-order valence-electron chi connectivity index (χ2n) is 3.87. The molecule has 0 aliphatic heterocycles. The summed E-state index contributed by atoms with van der Waals surface area (Å²) >= 11 is 6.10. The largest absolute Gasteiger partial charge is 0.508 e. The summed E-state index contributed by atoms with van der Waals surface area (Å²) in [5.74, 6) is 0.306. The van der Waals surface area contributed by atoms with Crippen molar-refractivity contribution in [3.05, 3.63) is 39.5 Å². The number of phenols is 1. The molecule has 1 aromatic carbocycles. The van der Waals surface area contributed by atoms with E-state index in [4.69, 9.17) is 11.6 Å². The molecule has 0 saturated heterocycles. The zero-order chi connectivity index (χ0) is 14.0. The number of halogens is 1. The molecule has 0 bridgehead atoms. The zero-order valence-electron chi connectivity index (χ0n) is 10.5. The van der Waals surface area contributed by atoms with Gasteiger partial charge in [-0.05, 0) is 18.1 Å². The van der Waals surface area contributed by atoms with E-state index in [0.717, 1.165) is 5.56 Å². The van der Waals surface area contributed by atoms with Crippen LogP contribution in [0, 0.1) is 0 Å². The van der Waals surface area contributed by atoms with Gasteiger partial charge in [0.05, 0.1) is 10.7 Å². The van der Waals surface area contributed by atoms with E-state index in [1.54, 1.807) is 13.1 Å². The normalized spacial score (nSPS) is 10.5. The summed E-state index contributed by atoms with van der Waals surface area (Å²) in [5.41, 5.74) is 0.754. The maximum atomic E-state index is 12.0. The van der Waals surface area contributed by atoms with Crippen LogP contribution in [-0.4, -0.2) is 26.7 Å². The lowest BCUT2D eigenvalue weighted by atomic mass is 10.1. The number of nitrogens with zero attached hydrogens (tertiary/aromatic N) is 3. The minimum atomic E-state index is -0.485. The molecule has 7 heteroatoms. The molecule has 2 aromatic rings. The Labute approximate surface area is 114 Å². The van der Waals surface area contributed by atoms with Crippen LogP contribution < -0.4 is 11.0 Å². The molecule has 1 heterocycles. The van der Waals surface area contributed by atoms with Crippen molar-refractivity contribution in [1.82, 2.24) is 14.5 Å². The number of phenolic OH excluding ortho intramolecular Hbond substituents is 1. The average molecular weight is 281 g/mol. The number of hydrogen-bond donors (Lipinski definition) is 2. The summed E-state index contributed by atoms with van der Waals surface area (Å²) in [6, 6.07) is 2.95. The van der Waals surface area contributed by atoms with E-state index in [1.807, 2.05) is 6.92 Å². The Bertz CT molecular complexity index is 669. The van der Waals surface area contributed by atoms with E-state index in [0.29, 0.717) is 12.1 Å². The maximum absolute atomic E-state index is 12.0. The molecule has 6 nitrogen and oxygen atoms in total. The molecule has 0 spiro atoms. The molecule has 0 unspecified atom stereocenters. The smallest absolute Gasteiger partial charge is 0.356 e. The number of aryl methyl sites for hydroxylation is 1. The molecule has 19 heavy (non-hydrogen) atoms. The topological polar surface area (TPSA) is 80.0 Å². The Morgan fingerprint density at radius 1 is 1.47 bits per heavy atom. The Balaban J connectivity index is 2.68. The summed E-state index contributed by atoms with van der Waals surface area (Å²) in [6.07, 6.45) is 1.97. The van der Waals surface area contributed by atoms with Gasteiger partial charge in [-0.1, -0.05) is 18.5 Å². The van der Waals surface area contributed by atoms with E-state index < -0.39 is 5.69 Å². The maximum Gasteiger partial charge on any atom is 0.356 e. The molecule has 100 valence electrons. The summed E-state index contributed by atoms with van der Waals surface area (Å²) in [7, 11) is 1.63. The quantitative estimate of drug-likeness (QED) is 0.892. The molecule has 2 rings (SSSR count). The standard InChI is InChI=1S/C12H13ClN4O2/c1-3-7-4-8(18)5-9(13)10(7)17-6-15-11(14-2)16-12(17)19/h4-6,18H,3H2,1-2H3,(H,14,16,19). The second-order valence-corrected chi connectivity index (χ2v) is 4.28. The molecule has 0 saturated carbocycles. The molecule has 0 fully saturated rings. The average Bonchev–Trinajstić information content (AvgIpc) is 2.38. The van der Waals surface area contributed by atoms with Crippen LogP contribution in [0.3, 0.4) is 0 Å². The Kier molecular flexibility index (Phi) is 3.71. The van der Waals surface area contributed by atoms with E-state index in [-0.39, 0.29) is 16.7 Å². The monoisotopic (exact) mass is 280 g/mol. The number of hydrogen-bond acceptors (Lipinski definition) is 5. The van der Waals surface area contributed by atoms with Gasteiger partial charge in [0.2, 0.25) is 5.95 Å². The predicted molar refractivity (Wildman–Crippen MR) is 73.2 cm³/mol. The SMILES string of the molecule is CCc1cc(O)cc(Cl)c1-n1cnc(NC)nc1=O. The Morgan fingerprint density at radius 3 is 2.79 bits per heavy atom. The van der Waals surface area contributed by atoms with Crippen molar-refractivity contribution in [1.29, 1.82) is 0 Å². The lowest BCUT2D eigenvalue weighted by Crippen LogP contribution is -2.24. The third-order valence-corrected chi connectivity index (χ3v) is 2.96. The minimum absolute atomic E-state index is 0.0615. The van der Waals surface area contributed by atoms with Gasteiger partial charge in [0.25, 0.3) is 0 Å². The van der Waals surface area contributed by atoms with Crippen molar-refractivity contribution in [2.24, 2.45) is 0 Å². The summed E-state index contributed by atoms with van der Waals surface area (Å²) in [5, 5.41) is 12.5. The van der Waals surface area contributed by atoms with Gasteiger partial charge in [-0.3, -0.25) is 0 Å². The van der Waals surface area contributed by atoms with Crippen LogP contribution in [0.2, 0.25) is 5.02 Å². The van der Waals surface area contributed by atoms with Gasteiger partial charge in [-0.15, -0.1) is 0 Å². The van der Waals surface area contributed by atoms with Crippen LogP contribution in [0.15, 0.2) is 23.3 Å². The van der Waals surface area contributed by atoms with Gasteiger partial charge in [-0.2, -0.15) is 4.98 Å². The lowest BCUT2D eigenvalue weighted by Gasteiger charge is -2.12. The molecule has 0 aliphatic carbocycles. The fraction of sp³-hybridized carbons (Fsp3) is 0.250. The van der Waals surface area contributed by atoms with Crippen LogP contribution >= 0.6 is 11.6 Å². The number of aromatic nitrogens is 3. The molecule has 0 amide bonds. The number of anilines is 1. The number of nitrogens with one attached hydrogen (secondary N) is 1. The fourth-order valence-corrected chi connectivity index (χ4v) is 2.11. The zero-order valence-corrected chi connectivity index (χ0v) is 11.3. The molecule has 0 aliphatic rings. The Hall–Kier alpha value is -2.08. The lowest BCUT2D eigenvalue weighted by molar-refractivity contribution is 0.474. The van der Waals surface area contributed by atoms with Gasteiger partial charge in [0.15, 0.2) is 0 Å². The fourth-order valence-electron chi connectivity index (χ4n) is 1.79. The summed E-state index contributed by atoms with van der Waals surface area (Å²) < 4.78 is 1.27. The van der Waals surface area contributed by atoms with E-state index in [2.05, 4.69) is 15.3 Å². The van der Waals surface area contributed by atoms with Gasteiger partial charge in [0, 0.05) is 13.1 Å². The summed E-state index contributed by atoms with van der Waals surface area (Å²) in [6.45, 7) is 1.91. The van der Waals surface area contributed by atoms with Crippen molar-refractivity contribution in [3.63, 3.8) is 0 Å². The molecule has 1 aromatic heterocycles. The molecule has 0 radical (unpaired) electrons. The van der Waals surface area contributed by atoms with Gasteiger partial charge >= 0.3 is 5.69 Å². The van der Waals surface area contributed by atoms with Crippen LogP contribution in [0.1, 0.15) is 12.5 Å². The highest BCUT2D eigenvalue weighted by atomic mass is 35.5. The third kappa shape index (κ3) is 2.53. The van der Waals surface area contributed by atoms with Gasteiger partial charge in [-0.25, -0.2) is 14.3 Å². The molecule has 0 atom stereocenters. The van der Waals surface area contributed by atoms with Crippen LogP contribution in [-0.2, 0) is 6.42 Å². The van der Waals surface area contributed by atoms with E-state index in [1.165, 1.54) is 17.0 Å². The molecule has 2 N–H and O–H groups in total. The highest BCUT2D eigenvalue weighted by Gasteiger charge is 2.13. The van der Waals surface area contributed by atoms with Crippen LogP contribution in [0.4, 0.5) is 5.95 Å². The first-order valence-electron chi connectivity index (χ1n) is 5.72. The highest BCUT2D eigenvalue weighted by molar-refractivity contribution is 6.32. The first-order valence-corrected chi connectivity index (χ1v) is 6.09. The summed E-state index contributed by atoms with van der Waals surface area (Å²) in [4.78, 5) is 19.7. The second kappa shape index (κ2) is 5.27. The minimum Gasteiger partial charge on any atom is -0.508 e. The van der Waals surface area contributed by atoms with E-state index >= 15 is 0 Å². The third-order valence-electron chi connectivity index (χ3n) is 2.68. The molecular formula is C12H13ClN4O2. The number of benzene rings is 1. The predicted octanol–water partition coefficient (Wildman–Crippen LogP) is 1.59. The van der Waals surface area contributed by atoms with Crippen molar-refractivity contribution >= 4 is 17.5 Å². The van der Waals surface area contributed by atoms with Crippen molar-refractivity contribution < 1.29 is 5.11 Å². The van der Waals surface area contributed by atoms with E-state index in [9.17, 15) is 9.90 Å². The number of rotatable bonds is 3. The van der Waals surface area contributed by atoms with Gasteiger partial charge < -0.3 is 10.4 Å².